The Morgan fingerprint density at radius 1 is 0.404 bits per heavy atom. The SMILES string of the molecule is CCCCCCCC/C=C\CCCCCC(=O)OCC1OC(OC2C(O)C(O)C(O)C(OC3OC(CO)C(O)C(O)C3O)C2OP(=O)(O)OCC(COC(=O)CCCCCCCCCCCCCCC)OC(=O)CCCCCCCCCCCCCCC)C(O)C(O)C1O. The van der Waals surface area contributed by atoms with Gasteiger partial charge in [0.15, 0.2) is 18.7 Å². The summed E-state index contributed by atoms with van der Waals surface area (Å²) in [6.07, 6.45) is 8.69. The lowest BCUT2D eigenvalue weighted by atomic mass is 9.84. The average Bonchev–Trinajstić information content (AvgIpc) is 0.766. The van der Waals surface area contributed by atoms with Gasteiger partial charge in [-0.05, 0) is 44.9 Å². The van der Waals surface area contributed by atoms with Crippen LogP contribution in [0.3, 0.4) is 0 Å². The second-order valence-electron chi connectivity index (χ2n) is 26.3. The van der Waals surface area contributed by atoms with E-state index in [1.54, 1.807) is 0 Å². The van der Waals surface area contributed by atoms with Crippen molar-refractivity contribution in [2.24, 2.45) is 0 Å². The smallest absolute Gasteiger partial charge is 0.463 e. The minimum atomic E-state index is -5.69. The average molecular weight is 1370 g/mol. The topological polar surface area (TPSA) is 374 Å². The van der Waals surface area contributed by atoms with Crippen molar-refractivity contribution in [2.75, 3.05) is 26.4 Å². The molecule has 3 rings (SSSR count). The number of carbonyl (C=O) groups is 3. The summed E-state index contributed by atoms with van der Waals surface area (Å²) in [7, 11) is -5.69. The molecule has 25 heteroatoms. The molecule has 1 saturated carbocycles. The van der Waals surface area contributed by atoms with Crippen LogP contribution in [0.5, 0.6) is 0 Å². The molecule has 94 heavy (non-hydrogen) atoms. The molecule has 2 aliphatic heterocycles. The van der Waals surface area contributed by atoms with E-state index in [2.05, 4.69) is 32.9 Å². The van der Waals surface area contributed by atoms with E-state index >= 15 is 0 Å². The molecule has 18 unspecified atom stereocenters. The van der Waals surface area contributed by atoms with Gasteiger partial charge >= 0.3 is 25.7 Å². The highest BCUT2D eigenvalue weighted by Gasteiger charge is 2.58. The van der Waals surface area contributed by atoms with Crippen LogP contribution in [0.25, 0.3) is 0 Å². The molecule has 3 aliphatic rings. The fourth-order valence-corrected chi connectivity index (χ4v) is 13.0. The fourth-order valence-electron chi connectivity index (χ4n) is 12.0. The molecular formula is C69H127O24P. The largest absolute Gasteiger partial charge is 0.472 e. The molecule has 0 aromatic heterocycles. The molecule has 552 valence electrons. The quantitative estimate of drug-likeness (QED) is 0.00888. The normalized spacial score (nSPS) is 28.3. The van der Waals surface area contributed by atoms with Gasteiger partial charge in [-0.25, -0.2) is 4.57 Å². The van der Waals surface area contributed by atoms with Crippen molar-refractivity contribution in [1.82, 2.24) is 0 Å². The van der Waals surface area contributed by atoms with Crippen molar-refractivity contribution in [3.05, 3.63) is 12.2 Å². The molecule has 2 heterocycles. The number of ether oxygens (including phenoxy) is 7. The first-order valence-electron chi connectivity index (χ1n) is 36.5. The van der Waals surface area contributed by atoms with Gasteiger partial charge in [0.05, 0.1) is 13.2 Å². The number of rotatable bonds is 56. The second-order valence-corrected chi connectivity index (χ2v) is 27.7. The molecule has 2 saturated heterocycles. The van der Waals surface area contributed by atoms with Crippen LogP contribution in [0.15, 0.2) is 12.2 Å². The van der Waals surface area contributed by atoms with Gasteiger partial charge in [0, 0.05) is 19.3 Å². The molecule has 0 bridgehead atoms. The number of phosphoric acid groups is 1. The lowest BCUT2D eigenvalue weighted by Crippen LogP contribution is -2.69. The Bertz CT molecular complexity index is 2010. The Morgan fingerprint density at radius 2 is 0.745 bits per heavy atom. The molecule has 0 aromatic carbocycles. The summed E-state index contributed by atoms with van der Waals surface area (Å²) in [6.45, 7) is 3.41. The first-order valence-corrected chi connectivity index (χ1v) is 38.0. The Balaban J connectivity index is 1.75. The highest BCUT2D eigenvalue weighted by atomic mass is 31.2. The fraction of sp³-hybridized carbons (Fsp3) is 0.928. The van der Waals surface area contributed by atoms with Gasteiger partial charge in [-0.3, -0.25) is 23.4 Å². The van der Waals surface area contributed by atoms with Crippen molar-refractivity contribution in [3.8, 4) is 0 Å². The van der Waals surface area contributed by atoms with Crippen molar-refractivity contribution in [2.45, 2.75) is 382 Å². The molecule has 11 N–H and O–H groups in total. The number of aliphatic hydroxyl groups is 10. The van der Waals surface area contributed by atoms with E-state index in [4.69, 9.17) is 42.2 Å². The van der Waals surface area contributed by atoms with Gasteiger partial charge in [0.1, 0.15) is 98.7 Å². The number of allylic oxidation sites excluding steroid dienone is 2. The number of aliphatic hydroxyl groups excluding tert-OH is 10. The van der Waals surface area contributed by atoms with Crippen molar-refractivity contribution in [3.63, 3.8) is 0 Å². The van der Waals surface area contributed by atoms with Gasteiger partial charge in [0.2, 0.25) is 0 Å². The molecule has 0 amide bonds. The third-order valence-corrected chi connectivity index (χ3v) is 19.0. The van der Waals surface area contributed by atoms with E-state index in [9.17, 15) is 74.9 Å². The minimum absolute atomic E-state index is 0.00932. The van der Waals surface area contributed by atoms with Crippen LogP contribution >= 0.6 is 7.82 Å². The maximum atomic E-state index is 14.3. The number of esters is 3. The minimum Gasteiger partial charge on any atom is -0.463 e. The van der Waals surface area contributed by atoms with Crippen molar-refractivity contribution in [1.29, 1.82) is 0 Å². The third-order valence-electron chi connectivity index (χ3n) is 18.0. The Morgan fingerprint density at radius 3 is 1.16 bits per heavy atom. The van der Waals surface area contributed by atoms with Gasteiger partial charge in [-0.2, -0.15) is 0 Å². The van der Waals surface area contributed by atoms with Crippen LogP contribution in [0, 0.1) is 0 Å². The lowest BCUT2D eigenvalue weighted by Gasteiger charge is -2.49. The lowest BCUT2D eigenvalue weighted by molar-refractivity contribution is -0.360. The summed E-state index contributed by atoms with van der Waals surface area (Å²) in [5.41, 5.74) is 0. The Kier molecular flexibility index (Phi) is 47.3. The zero-order valence-corrected chi connectivity index (χ0v) is 58.2. The second kappa shape index (κ2) is 51.8. The first-order chi connectivity index (χ1) is 45.3. The zero-order chi connectivity index (χ0) is 68.9. The molecule has 18 atom stereocenters. The monoisotopic (exact) mass is 1370 g/mol. The summed E-state index contributed by atoms with van der Waals surface area (Å²) in [6, 6.07) is 0. The van der Waals surface area contributed by atoms with E-state index in [0.29, 0.717) is 19.3 Å². The maximum absolute atomic E-state index is 14.3. The number of unbranched alkanes of at least 4 members (excludes halogenated alkanes) is 33. The van der Waals surface area contributed by atoms with Crippen molar-refractivity contribution < 1.29 is 117 Å². The number of phosphoric ester groups is 1. The van der Waals surface area contributed by atoms with Gasteiger partial charge in [-0.1, -0.05) is 226 Å². The van der Waals surface area contributed by atoms with Gasteiger partial charge < -0.3 is 89.1 Å². The van der Waals surface area contributed by atoms with E-state index in [-0.39, 0.29) is 19.3 Å². The zero-order valence-electron chi connectivity index (χ0n) is 57.3. The molecule has 24 nitrogen and oxygen atoms in total. The number of hydrogen-bond acceptors (Lipinski definition) is 23. The molecule has 0 spiro atoms. The first kappa shape index (κ1) is 85.9. The van der Waals surface area contributed by atoms with Crippen LogP contribution in [0.4, 0.5) is 0 Å². The van der Waals surface area contributed by atoms with E-state index in [1.807, 2.05) is 0 Å². The van der Waals surface area contributed by atoms with Crippen LogP contribution in [0.2, 0.25) is 0 Å². The molecule has 0 radical (unpaired) electrons. The summed E-state index contributed by atoms with van der Waals surface area (Å²) in [4.78, 5) is 50.9. The van der Waals surface area contributed by atoms with Crippen LogP contribution in [-0.2, 0) is 61.2 Å². The van der Waals surface area contributed by atoms with Crippen LogP contribution < -0.4 is 0 Å². The van der Waals surface area contributed by atoms with Gasteiger partial charge in [0.25, 0.3) is 0 Å². The van der Waals surface area contributed by atoms with E-state index in [0.717, 1.165) is 96.3 Å². The summed E-state index contributed by atoms with van der Waals surface area (Å²) in [5, 5.41) is 110. The van der Waals surface area contributed by atoms with Crippen molar-refractivity contribution >= 4 is 25.7 Å². The van der Waals surface area contributed by atoms with E-state index < -0.39 is 156 Å². The highest BCUT2D eigenvalue weighted by Crippen LogP contribution is 2.49. The van der Waals surface area contributed by atoms with Crippen LogP contribution in [-0.4, -0.2) is 204 Å². The predicted molar refractivity (Wildman–Crippen MR) is 352 cm³/mol. The third kappa shape index (κ3) is 35.1. The Labute approximate surface area is 561 Å². The maximum Gasteiger partial charge on any atom is 0.472 e. The molecule has 1 aliphatic carbocycles. The Hall–Kier alpha value is -2.30. The summed E-state index contributed by atoms with van der Waals surface area (Å²) >= 11 is 0. The molecular weight excluding hydrogens is 1240 g/mol. The highest BCUT2D eigenvalue weighted by molar-refractivity contribution is 7.47. The predicted octanol–water partition coefficient (Wildman–Crippen LogP) is 9.18. The molecule has 0 aromatic rings. The standard InChI is InChI=1S/C69H127O24P/c1-4-7-10-13-16-19-22-25-28-31-34-37-40-43-53(71)85-47-50(88-55(73)45-42-39-36-33-30-27-24-21-18-15-12-9-6-3)48-87-94(83,84)93-67-65(91-68-63(81)58(76)56(74)51(46-70)89-68)61(79)60(78)62(80)66(67)92-69-64(82)59(77)57(75)52(90-69)49-86-54(72)44-41-38-35-32-29-26-23-20-17-14-11-8-5-2/h26,29,50-52,56-70,74-82H,4-25,27-28,30-49H2,1-3H3,(H,83,84)/b29-26-. The number of carbonyl (C=O) groups excluding carboxylic acids is 3. The van der Waals surface area contributed by atoms with Crippen LogP contribution in [0.1, 0.15) is 278 Å². The summed E-state index contributed by atoms with van der Waals surface area (Å²) in [5.74, 6) is -2.00. The summed E-state index contributed by atoms with van der Waals surface area (Å²) < 4.78 is 64.9. The number of hydrogen-bond donors (Lipinski definition) is 11. The van der Waals surface area contributed by atoms with E-state index in [1.165, 1.54) is 122 Å². The van der Waals surface area contributed by atoms with Gasteiger partial charge in [-0.15, -0.1) is 0 Å². The molecule has 3 fully saturated rings.